The van der Waals surface area contributed by atoms with E-state index in [4.69, 9.17) is 11.6 Å². The number of esters is 1. The number of carbonyl (C=O) groups is 2. The van der Waals surface area contributed by atoms with Gasteiger partial charge in [-0.05, 0) is 36.2 Å². The van der Waals surface area contributed by atoms with Crippen LogP contribution in [0.15, 0.2) is 36.4 Å². The second-order valence-electron chi connectivity index (χ2n) is 4.54. The van der Waals surface area contributed by atoms with E-state index >= 15 is 0 Å². The molecule has 2 aromatic rings. The lowest BCUT2D eigenvalue weighted by atomic mass is 9.97. The molecule has 108 valence electrons. The molecule has 0 spiro atoms. The standard InChI is InChI=1S/C16H13ClO4/c1-9-3-5-11(13(7-9)15(18)19)10-4-6-12(14(17)8-10)16(20)21-2/h3-8H,1-2H3,(H,18,19). The number of carboxylic acid groups (broad SMARTS) is 1. The number of carboxylic acids is 1. The van der Waals surface area contributed by atoms with Gasteiger partial charge in [0.05, 0.1) is 23.3 Å². The topological polar surface area (TPSA) is 63.6 Å². The van der Waals surface area contributed by atoms with Gasteiger partial charge in [-0.3, -0.25) is 0 Å². The highest BCUT2D eigenvalue weighted by Gasteiger charge is 2.15. The molecule has 5 heteroatoms. The van der Waals surface area contributed by atoms with Crippen LogP contribution >= 0.6 is 11.6 Å². The Morgan fingerprint density at radius 1 is 1.10 bits per heavy atom. The lowest BCUT2D eigenvalue weighted by molar-refractivity contribution is 0.0600. The fraction of sp³-hybridized carbons (Fsp3) is 0.125. The zero-order chi connectivity index (χ0) is 15.6. The first-order valence-electron chi connectivity index (χ1n) is 6.16. The first-order valence-corrected chi connectivity index (χ1v) is 6.54. The monoisotopic (exact) mass is 304 g/mol. The van der Waals surface area contributed by atoms with Crippen LogP contribution < -0.4 is 0 Å². The van der Waals surface area contributed by atoms with Gasteiger partial charge >= 0.3 is 11.9 Å². The van der Waals surface area contributed by atoms with Crippen LogP contribution in [0.25, 0.3) is 11.1 Å². The summed E-state index contributed by atoms with van der Waals surface area (Å²) >= 11 is 6.07. The summed E-state index contributed by atoms with van der Waals surface area (Å²) in [4.78, 5) is 22.8. The van der Waals surface area contributed by atoms with E-state index in [0.29, 0.717) is 11.1 Å². The van der Waals surface area contributed by atoms with Crippen LogP contribution in [0.5, 0.6) is 0 Å². The number of ether oxygens (including phenoxy) is 1. The van der Waals surface area contributed by atoms with Gasteiger partial charge in [-0.25, -0.2) is 9.59 Å². The Hall–Kier alpha value is -2.33. The van der Waals surface area contributed by atoms with Crippen molar-refractivity contribution >= 4 is 23.5 Å². The molecule has 2 aromatic carbocycles. The van der Waals surface area contributed by atoms with E-state index in [1.165, 1.54) is 13.2 Å². The van der Waals surface area contributed by atoms with Gasteiger partial charge in [0, 0.05) is 0 Å². The summed E-state index contributed by atoms with van der Waals surface area (Å²) in [5, 5.41) is 9.51. The lowest BCUT2D eigenvalue weighted by Crippen LogP contribution is -2.03. The van der Waals surface area contributed by atoms with E-state index in [1.54, 1.807) is 24.3 Å². The molecule has 0 atom stereocenters. The van der Waals surface area contributed by atoms with E-state index in [-0.39, 0.29) is 16.1 Å². The number of hydrogen-bond donors (Lipinski definition) is 1. The van der Waals surface area contributed by atoms with Crippen molar-refractivity contribution in [3.63, 3.8) is 0 Å². The van der Waals surface area contributed by atoms with E-state index < -0.39 is 11.9 Å². The summed E-state index contributed by atoms with van der Waals surface area (Å²) in [7, 11) is 1.27. The van der Waals surface area contributed by atoms with Crippen LogP contribution in [0.2, 0.25) is 5.02 Å². The van der Waals surface area contributed by atoms with Crippen LogP contribution in [0.4, 0.5) is 0 Å². The summed E-state index contributed by atoms with van der Waals surface area (Å²) < 4.78 is 4.62. The Labute approximate surface area is 126 Å². The molecule has 1 N–H and O–H groups in total. The SMILES string of the molecule is COC(=O)c1ccc(-c2ccc(C)cc2C(=O)O)cc1Cl. The fourth-order valence-corrected chi connectivity index (χ4v) is 2.30. The van der Waals surface area contributed by atoms with Gasteiger partial charge in [-0.2, -0.15) is 0 Å². The number of halogens is 1. The molecule has 4 nitrogen and oxygen atoms in total. The molecule has 0 aliphatic heterocycles. The molecule has 0 fully saturated rings. The number of carbonyl (C=O) groups excluding carboxylic acids is 1. The van der Waals surface area contributed by atoms with E-state index in [0.717, 1.165) is 5.56 Å². The second-order valence-corrected chi connectivity index (χ2v) is 4.95. The predicted molar refractivity (Wildman–Crippen MR) is 79.9 cm³/mol. The van der Waals surface area contributed by atoms with Crippen LogP contribution in [0, 0.1) is 6.92 Å². The average molecular weight is 305 g/mol. The zero-order valence-electron chi connectivity index (χ0n) is 11.5. The quantitative estimate of drug-likeness (QED) is 0.876. The first-order chi connectivity index (χ1) is 9.93. The molecule has 0 unspecified atom stereocenters. The van der Waals surface area contributed by atoms with Crippen LogP contribution in [-0.2, 0) is 4.74 Å². The maximum Gasteiger partial charge on any atom is 0.339 e. The molecule has 0 saturated heterocycles. The summed E-state index contributed by atoms with van der Waals surface area (Å²) in [5.41, 5.74) is 2.47. The Bertz CT molecular complexity index is 722. The Balaban J connectivity index is 2.56. The summed E-state index contributed by atoms with van der Waals surface area (Å²) in [6, 6.07) is 9.88. The minimum absolute atomic E-state index is 0.192. The average Bonchev–Trinajstić information content (AvgIpc) is 2.46. The third kappa shape index (κ3) is 3.06. The van der Waals surface area contributed by atoms with E-state index in [1.807, 2.05) is 13.0 Å². The van der Waals surface area contributed by atoms with E-state index in [9.17, 15) is 14.7 Å². The minimum atomic E-state index is -1.01. The molecule has 0 amide bonds. The van der Waals surface area contributed by atoms with Gasteiger partial charge in [-0.15, -0.1) is 0 Å². The van der Waals surface area contributed by atoms with Crippen molar-refractivity contribution < 1.29 is 19.4 Å². The van der Waals surface area contributed by atoms with Crippen LogP contribution in [0.3, 0.4) is 0 Å². The van der Waals surface area contributed by atoms with Gasteiger partial charge in [-0.1, -0.05) is 35.4 Å². The summed E-state index contributed by atoms with van der Waals surface area (Å²) in [6.07, 6.45) is 0. The number of methoxy groups -OCH3 is 1. The predicted octanol–water partition coefficient (Wildman–Crippen LogP) is 3.80. The Morgan fingerprint density at radius 2 is 1.81 bits per heavy atom. The largest absolute Gasteiger partial charge is 0.478 e. The summed E-state index contributed by atoms with van der Waals surface area (Å²) in [6.45, 7) is 1.82. The number of rotatable bonds is 3. The van der Waals surface area contributed by atoms with Crippen molar-refractivity contribution in [1.29, 1.82) is 0 Å². The number of aromatic carboxylic acids is 1. The Morgan fingerprint density at radius 3 is 2.38 bits per heavy atom. The van der Waals surface area contributed by atoms with Crippen molar-refractivity contribution in [1.82, 2.24) is 0 Å². The smallest absolute Gasteiger partial charge is 0.339 e. The molecule has 0 aliphatic rings. The van der Waals surface area contributed by atoms with Crippen LogP contribution in [-0.4, -0.2) is 24.2 Å². The van der Waals surface area contributed by atoms with Crippen molar-refractivity contribution in [3.8, 4) is 11.1 Å². The highest BCUT2D eigenvalue weighted by molar-refractivity contribution is 6.33. The molecule has 0 aromatic heterocycles. The Kier molecular flexibility index (Phi) is 4.29. The van der Waals surface area contributed by atoms with Gasteiger partial charge < -0.3 is 9.84 Å². The third-order valence-corrected chi connectivity index (χ3v) is 3.40. The van der Waals surface area contributed by atoms with Crippen LogP contribution in [0.1, 0.15) is 26.3 Å². The van der Waals surface area contributed by atoms with Crippen molar-refractivity contribution in [2.24, 2.45) is 0 Å². The van der Waals surface area contributed by atoms with Gasteiger partial charge in [0.1, 0.15) is 0 Å². The van der Waals surface area contributed by atoms with Gasteiger partial charge in [0.15, 0.2) is 0 Å². The van der Waals surface area contributed by atoms with Crippen molar-refractivity contribution in [3.05, 3.63) is 58.1 Å². The molecule has 0 bridgehead atoms. The highest BCUT2D eigenvalue weighted by Crippen LogP contribution is 2.29. The minimum Gasteiger partial charge on any atom is -0.478 e. The maximum absolute atomic E-state index is 11.5. The molecule has 0 saturated carbocycles. The summed E-state index contributed by atoms with van der Waals surface area (Å²) in [5.74, 6) is -1.55. The highest BCUT2D eigenvalue weighted by atomic mass is 35.5. The first kappa shape index (κ1) is 15.1. The second kappa shape index (κ2) is 5.97. The molecular formula is C16H13ClO4. The van der Waals surface area contributed by atoms with Gasteiger partial charge in [0.2, 0.25) is 0 Å². The number of hydrogen-bond acceptors (Lipinski definition) is 3. The van der Waals surface area contributed by atoms with E-state index in [2.05, 4.69) is 4.74 Å². The van der Waals surface area contributed by atoms with Crippen molar-refractivity contribution in [2.75, 3.05) is 7.11 Å². The molecule has 0 heterocycles. The molecule has 0 aliphatic carbocycles. The number of benzene rings is 2. The third-order valence-electron chi connectivity index (χ3n) is 3.09. The molecular weight excluding hydrogens is 292 g/mol. The lowest BCUT2D eigenvalue weighted by Gasteiger charge is -2.09. The maximum atomic E-state index is 11.5. The molecule has 21 heavy (non-hydrogen) atoms. The number of aryl methyl sites for hydroxylation is 1. The molecule has 0 radical (unpaired) electrons. The zero-order valence-corrected chi connectivity index (χ0v) is 12.3. The fourth-order valence-electron chi connectivity index (χ4n) is 2.04. The van der Waals surface area contributed by atoms with Gasteiger partial charge in [0.25, 0.3) is 0 Å². The molecule has 2 rings (SSSR count). The normalized spacial score (nSPS) is 10.2. The van der Waals surface area contributed by atoms with Crippen molar-refractivity contribution in [2.45, 2.75) is 6.92 Å².